The Morgan fingerprint density at radius 3 is 2.36 bits per heavy atom. The fourth-order valence-corrected chi connectivity index (χ4v) is 3.07. The van der Waals surface area contributed by atoms with Gasteiger partial charge in [-0.25, -0.2) is 9.18 Å². The van der Waals surface area contributed by atoms with Gasteiger partial charge < -0.3 is 4.74 Å². The normalized spacial score (nSPS) is 10.8. The van der Waals surface area contributed by atoms with Gasteiger partial charge in [0.05, 0.1) is 10.6 Å². The summed E-state index contributed by atoms with van der Waals surface area (Å²) in [6.07, 6.45) is 2.58. The van der Waals surface area contributed by atoms with E-state index in [0.717, 1.165) is 0 Å². The molecule has 3 rings (SSSR count). The summed E-state index contributed by atoms with van der Waals surface area (Å²) >= 11 is 9.23. The van der Waals surface area contributed by atoms with Crippen LogP contribution in [-0.4, -0.2) is 11.8 Å². The van der Waals surface area contributed by atoms with E-state index < -0.39 is 11.8 Å². The molecule has 140 valence electrons. The first-order valence-electron chi connectivity index (χ1n) is 8.19. The van der Waals surface area contributed by atoms with Gasteiger partial charge >= 0.3 is 5.97 Å². The number of allylic oxidation sites excluding steroid dienone is 1. The number of benzene rings is 3. The summed E-state index contributed by atoms with van der Waals surface area (Å²) in [4.78, 5) is 24.5. The Balaban J connectivity index is 1.70. The maximum atomic E-state index is 13.7. The van der Waals surface area contributed by atoms with E-state index in [0.29, 0.717) is 21.3 Å². The molecule has 3 aromatic carbocycles. The van der Waals surface area contributed by atoms with Gasteiger partial charge in [0.1, 0.15) is 11.6 Å². The first kappa shape index (κ1) is 20.0. The van der Waals surface area contributed by atoms with Gasteiger partial charge in [0, 0.05) is 15.6 Å². The lowest BCUT2D eigenvalue weighted by molar-refractivity contribution is 0.0733. The predicted molar refractivity (Wildman–Crippen MR) is 110 cm³/mol. The number of esters is 1. The lowest BCUT2D eigenvalue weighted by Crippen LogP contribution is -2.09. The molecule has 0 spiro atoms. The summed E-state index contributed by atoms with van der Waals surface area (Å²) in [7, 11) is 0. The highest BCUT2D eigenvalue weighted by atomic mass is 79.9. The van der Waals surface area contributed by atoms with Crippen molar-refractivity contribution in [3.63, 3.8) is 0 Å². The molecule has 0 aliphatic carbocycles. The highest BCUT2D eigenvalue weighted by molar-refractivity contribution is 9.10. The quantitative estimate of drug-likeness (QED) is 0.193. The van der Waals surface area contributed by atoms with Gasteiger partial charge in [-0.1, -0.05) is 29.8 Å². The summed E-state index contributed by atoms with van der Waals surface area (Å²) in [5, 5.41) is 0.221. The molecule has 0 heterocycles. The van der Waals surface area contributed by atoms with Crippen LogP contribution in [0.2, 0.25) is 5.02 Å². The van der Waals surface area contributed by atoms with Crippen molar-refractivity contribution in [3.05, 3.63) is 105 Å². The molecule has 0 aliphatic rings. The van der Waals surface area contributed by atoms with Gasteiger partial charge in [-0.2, -0.15) is 0 Å². The van der Waals surface area contributed by atoms with Gasteiger partial charge in [-0.3, -0.25) is 4.79 Å². The molecule has 6 heteroatoms. The minimum absolute atomic E-state index is 0.150. The first-order chi connectivity index (χ1) is 13.5. The highest BCUT2D eigenvalue weighted by Gasteiger charge is 2.12. The summed E-state index contributed by atoms with van der Waals surface area (Å²) in [6, 6.07) is 17.3. The fourth-order valence-electron chi connectivity index (χ4n) is 2.40. The second kappa shape index (κ2) is 8.95. The molecule has 0 amide bonds. The molecule has 0 bridgehead atoms. The topological polar surface area (TPSA) is 43.4 Å². The van der Waals surface area contributed by atoms with Crippen LogP contribution in [0.3, 0.4) is 0 Å². The largest absolute Gasteiger partial charge is 0.423 e. The van der Waals surface area contributed by atoms with Crippen LogP contribution in [0.4, 0.5) is 4.39 Å². The number of ether oxygens (including phenoxy) is 1. The van der Waals surface area contributed by atoms with Crippen LogP contribution in [0.25, 0.3) is 6.08 Å². The van der Waals surface area contributed by atoms with E-state index in [1.165, 1.54) is 48.6 Å². The van der Waals surface area contributed by atoms with Crippen molar-refractivity contribution in [2.45, 2.75) is 0 Å². The maximum absolute atomic E-state index is 13.7. The van der Waals surface area contributed by atoms with Gasteiger partial charge in [-0.05, 0) is 76.6 Å². The monoisotopic (exact) mass is 458 g/mol. The molecule has 0 aromatic heterocycles. The van der Waals surface area contributed by atoms with E-state index in [4.69, 9.17) is 16.3 Å². The fraction of sp³-hybridized carbons (Fsp3) is 0. The van der Waals surface area contributed by atoms with Crippen molar-refractivity contribution >= 4 is 45.4 Å². The standard InChI is InChI=1S/C22H13BrClFO3/c23-18-5-2-1-4-16(18)22(27)28-15-10-8-14(9-11-15)21(26)13-12-17-19(24)6-3-7-20(17)25/h1-13H/b13-12+. The van der Waals surface area contributed by atoms with Crippen LogP contribution in [0.15, 0.2) is 77.3 Å². The smallest absolute Gasteiger partial charge is 0.344 e. The SMILES string of the molecule is O=C(/C=C/c1c(F)cccc1Cl)c1ccc(OC(=O)c2ccccc2Br)cc1. The van der Waals surface area contributed by atoms with Crippen LogP contribution in [0.1, 0.15) is 26.3 Å². The zero-order chi connectivity index (χ0) is 20.1. The van der Waals surface area contributed by atoms with E-state index in [1.54, 1.807) is 30.3 Å². The van der Waals surface area contributed by atoms with E-state index >= 15 is 0 Å². The molecule has 0 fully saturated rings. The minimum Gasteiger partial charge on any atom is -0.423 e. The van der Waals surface area contributed by atoms with E-state index in [-0.39, 0.29) is 16.4 Å². The molecule has 0 saturated carbocycles. The Labute approximate surface area is 174 Å². The van der Waals surface area contributed by atoms with Crippen LogP contribution in [-0.2, 0) is 0 Å². The number of rotatable bonds is 5. The zero-order valence-electron chi connectivity index (χ0n) is 14.4. The van der Waals surface area contributed by atoms with Crippen molar-refractivity contribution in [2.24, 2.45) is 0 Å². The average Bonchev–Trinajstić information content (AvgIpc) is 2.68. The summed E-state index contributed by atoms with van der Waals surface area (Å²) < 4.78 is 19.7. The third-order valence-electron chi connectivity index (χ3n) is 3.84. The van der Waals surface area contributed by atoms with Crippen molar-refractivity contribution < 1.29 is 18.7 Å². The van der Waals surface area contributed by atoms with Crippen molar-refractivity contribution in [1.82, 2.24) is 0 Å². The van der Waals surface area contributed by atoms with Gasteiger partial charge in [0.2, 0.25) is 0 Å². The van der Waals surface area contributed by atoms with E-state index in [1.807, 2.05) is 0 Å². The molecule has 0 radical (unpaired) electrons. The Hall–Kier alpha value is -2.76. The first-order valence-corrected chi connectivity index (χ1v) is 9.36. The number of carbonyl (C=O) groups excluding carboxylic acids is 2. The van der Waals surface area contributed by atoms with E-state index in [9.17, 15) is 14.0 Å². The van der Waals surface area contributed by atoms with Crippen molar-refractivity contribution in [3.8, 4) is 5.75 Å². The second-order valence-corrected chi connectivity index (χ2v) is 6.99. The lowest BCUT2D eigenvalue weighted by Gasteiger charge is -2.06. The van der Waals surface area contributed by atoms with E-state index in [2.05, 4.69) is 15.9 Å². The molecule has 28 heavy (non-hydrogen) atoms. The number of hydrogen-bond acceptors (Lipinski definition) is 3. The second-order valence-electron chi connectivity index (χ2n) is 5.73. The summed E-state index contributed by atoms with van der Waals surface area (Å²) in [5.41, 5.74) is 0.910. The zero-order valence-corrected chi connectivity index (χ0v) is 16.7. The molecule has 0 aliphatic heterocycles. The van der Waals surface area contributed by atoms with Gasteiger partial charge in [-0.15, -0.1) is 0 Å². The van der Waals surface area contributed by atoms with Gasteiger partial charge in [0.25, 0.3) is 0 Å². The summed E-state index contributed by atoms with van der Waals surface area (Å²) in [5.74, 6) is -1.05. The summed E-state index contributed by atoms with van der Waals surface area (Å²) in [6.45, 7) is 0. The molecule has 0 saturated heterocycles. The number of ketones is 1. The molecule has 0 N–H and O–H groups in total. The molecular weight excluding hydrogens is 447 g/mol. The van der Waals surface area contributed by atoms with Crippen LogP contribution in [0.5, 0.6) is 5.75 Å². The predicted octanol–water partition coefficient (Wildman–Crippen LogP) is 6.36. The third-order valence-corrected chi connectivity index (χ3v) is 4.87. The lowest BCUT2D eigenvalue weighted by atomic mass is 10.1. The average molecular weight is 460 g/mol. The Kier molecular flexibility index (Phi) is 6.39. The molecular formula is C22H13BrClFO3. The minimum atomic E-state index is -0.513. The Morgan fingerprint density at radius 1 is 0.964 bits per heavy atom. The van der Waals surface area contributed by atoms with Crippen LogP contribution in [0, 0.1) is 5.82 Å². The number of halogens is 3. The maximum Gasteiger partial charge on any atom is 0.344 e. The van der Waals surface area contributed by atoms with Crippen molar-refractivity contribution in [1.29, 1.82) is 0 Å². The highest BCUT2D eigenvalue weighted by Crippen LogP contribution is 2.22. The third kappa shape index (κ3) is 4.74. The molecule has 3 aromatic rings. The number of carbonyl (C=O) groups is 2. The Bertz CT molecular complexity index is 1040. The van der Waals surface area contributed by atoms with Crippen LogP contribution >= 0.6 is 27.5 Å². The number of hydrogen-bond donors (Lipinski definition) is 0. The molecule has 0 atom stereocenters. The molecule has 3 nitrogen and oxygen atoms in total. The van der Waals surface area contributed by atoms with Gasteiger partial charge in [0.15, 0.2) is 5.78 Å². The van der Waals surface area contributed by atoms with Crippen LogP contribution < -0.4 is 4.74 Å². The molecule has 0 unspecified atom stereocenters. The van der Waals surface area contributed by atoms with Crippen molar-refractivity contribution in [2.75, 3.05) is 0 Å². The Morgan fingerprint density at radius 2 is 1.68 bits per heavy atom.